The second kappa shape index (κ2) is 10.3. The SMILES string of the molecule is COC(=O)[C@H](Cc1ccc(F)cc1)NC(=O)[C@@H](Cc1ccc(F)cc1)NC(C)=O. The number of nitrogens with one attached hydrogen (secondary N) is 2. The van der Waals surface area contributed by atoms with Crippen LogP contribution in [0.5, 0.6) is 0 Å². The van der Waals surface area contributed by atoms with Crippen LogP contribution in [0, 0.1) is 11.6 Å². The average Bonchev–Trinajstić information content (AvgIpc) is 2.69. The zero-order valence-electron chi connectivity index (χ0n) is 16.1. The van der Waals surface area contributed by atoms with Gasteiger partial charge in [0.1, 0.15) is 23.7 Å². The van der Waals surface area contributed by atoms with Crippen molar-refractivity contribution in [2.45, 2.75) is 31.8 Å². The van der Waals surface area contributed by atoms with Gasteiger partial charge in [-0.2, -0.15) is 0 Å². The van der Waals surface area contributed by atoms with Crippen LogP contribution in [0.2, 0.25) is 0 Å². The lowest BCUT2D eigenvalue weighted by molar-refractivity contribution is -0.145. The number of hydrogen-bond acceptors (Lipinski definition) is 4. The van der Waals surface area contributed by atoms with Crippen molar-refractivity contribution in [3.05, 3.63) is 71.3 Å². The Morgan fingerprint density at radius 2 is 1.28 bits per heavy atom. The number of rotatable bonds is 8. The molecule has 29 heavy (non-hydrogen) atoms. The van der Waals surface area contributed by atoms with Crippen molar-refractivity contribution in [3.8, 4) is 0 Å². The first-order chi connectivity index (χ1) is 13.8. The summed E-state index contributed by atoms with van der Waals surface area (Å²) in [6.45, 7) is 1.27. The summed E-state index contributed by atoms with van der Waals surface area (Å²) in [5.41, 5.74) is 1.25. The van der Waals surface area contributed by atoms with Gasteiger partial charge in [0.2, 0.25) is 11.8 Å². The highest BCUT2D eigenvalue weighted by Crippen LogP contribution is 2.09. The van der Waals surface area contributed by atoms with Gasteiger partial charge >= 0.3 is 5.97 Å². The molecule has 0 unspecified atom stereocenters. The molecule has 0 radical (unpaired) electrons. The summed E-state index contributed by atoms with van der Waals surface area (Å²) >= 11 is 0. The number of esters is 1. The van der Waals surface area contributed by atoms with E-state index in [2.05, 4.69) is 10.6 Å². The van der Waals surface area contributed by atoms with Gasteiger partial charge in [0, 0.05) is 19.8 Å². The van der Waals surface area contributed by atoms with Crippen LogP contribution >= 0.6 is 0 Å². The van der Waals surface area contributed by atoms with E-state index in [0.717, 1.165) is 0 Å². The number of benzene rings is 2. The van der Waals surface area contributed by atoms with E-state index >= 15 is 0 Å². The highest BCUT2D eigenvalue weighted by molar-refractivity contribution is 5.90. The van der Waals surface area contributed by atoms with Crippen LogP contribution in [0.1, 0.15) is 18.1 Å². The maximum Gasteiger partial charge on any atom is 0.328 e. The van der Waals surface area contributed by atoms with E-state index in [1.807, 2.05) is 0 Å². The highest BCUT2D eigenvalue weighted by atomic mass is 19.1. The number of carbonyl (C=O) groups is 3. The molecule has 2 aromatic rings. The Labute approximate surface area is 167 Å². The standard InChI is InChI=1S/C21H22F2N2O4/c1-13(26)24-18(11-14-3-7-16(22)8-4-14)20(27)25-19(21(28)29-2)12-15-5-9-17(23)10-6-15/h3-10,18-19H,11-12H2,1-2H3,(H,24,26)(H,25,27)/t18-,19+/m1/s1. The van der Waals surface area contributed by atoms with Crippen molar-refractivity contribution >= 4 is 17.8 Å². The molecule has 154 valence electrons. The van der Waals surface area contributed by atoms with E-state index in [4.69, 9.17) is 4.74 Å². The molecule has 0 bridgehead atoms. The van der Waals surface area contributed by atoms with E-state index in [1.165, 1.54) is 62.6 Å². The number of halogens is 2. The van der Waals surface area contributed by atoms with Gasteiger partial charge in [0.25, 0.3) is 0 Å². The normalized spacial score (nSPS) is 12.6. The Balaban J connectivity index is 2.15. The molecule has 0 heterocycles. The van der Waals surface area contributed by atoms with Gasteiger partial charge in [-0.15, -0.1) is 0 Å². The first-order valence-corrected chi connectivity index (χ1v) is 8.92. The molecule has 2 rings (SSSR count). The molecule has 2 aromatic carbocycles. The summed E-state index contributed by atoms with van der Waals surface area (Å²) in [7, 11) is 1.19. The van der Waals surface area contributed by atoms with Crippen molar-refractivity contribution in [3.63, 3.8) is 0 Å². The summed E-state index contributed by atoms with van der Waals surface area (Å²) in [5, 5.41) is 5.10. The Hall–Kier alpha value is -3.29. The summed E-state index contributed by atoms with van der Waals surface area (Å²) in [6.07, 6.45) is 0.193. The first-order valence-electron chi connectivity index (χ1n) is 8.92. The zero-order valence-corrected chi connectivity index (χ0v) is 16.1. The second-order valence-electron chi connectivity index (χ2n) is 6.50. The third-order valence-electron chi connectivity index (χ3n) is 4.20. The minimum atomic E-state index is -1.03. The van der Waals surface area contributed by atoms with E-state index in [1.54, 1.807) is 0 Å². The molecule has 0 aromatic heterocycles. The predicted molar refractivity (Wildman–Crippen MR) is 102 cm³/mol. The molecular weight excluding hydrogens is 382 g/mol. The summed E-state index contributed by atoms with van der Waals surface area (Å²) < 4.78 is 30.9. The molecular formula is C21H22F2N2O4. The van der Waals surface area contributed by atoms with Gasteiger partial charge < -0.3 is 15.4 Å². The fraction of sp³-hybridized carbons (Fsp3) is 0.286. The molecule has 0 aliphatic rings. The van der Waals surface area contributed by atoms with Gasteiger partial charge in [0.15, 0.2) is 0 Å². The molecule has 2 atom stereocenters. The molecule has 0 spiro atoms. The van der Waals surface area contributed by atoms with Gasteiger partial charge in [-0.05, 0) is 35.4 Å². The smallest absolute Gasteiger partial charge is 0.328 e. The lowest BCUT2D eigenvalue weighted by atomic mass is 10.0. The summed E-state index contributed by atoms with van der Waals surface area (Å²) in [4.78, 5) is 36.4. The van der Waals surface area contributed by atoms with E-state index in [-0.39, 0.29) is 12.8 Å². The van der Waals surface area contributed by atoms with E-state index in [9.17, 15) is 23.2 Å². The predicted octanol–water partition coefficient (Wildman–Crippen LogP) is 1.91. The fourth-order valence-corrected chi connectivity index (χ4v) is 2.77. The van der Waals surface area contributed by atoms with Crippen LogP contribution in [-0.2, 0) is 32.0 Å². The van der Waals surface area contributed by atoms with Gasteiger partial charge in [0.05, 0.1) is 7.11 Å². The quantitative estimate of drug-likeness (QED) is 0.659. The van der Waals surface area contributed by atoms with Crippen LogP contribution in [0.15, 0.2) is 48.5 Å². The number of methoxy groups -OCH3 is 1. The largest absolute Gasteiger partial charge is 0.467 e. The fourth-order valence-electron chi connectivity index (χ4n) is 2.77. The van der Waals surface area contributed by atoms with Crippen molar-refractivity contribution in [1.82, 2.24) is 10.6 Å². The lowest BCUT2D eigenvalue weighted by Gasteiger charge is -2.22. The number of carbonyl (C=O) groups excluding carboxylic acids is 3. The monoisotopic (exact) mass is 404 g/mol. The maximum atomic E-state index is 13.1. The number of hydrogen-bond donors (Lipinski definition) is 2. The highest BCUT2D eigenvalue weighted by Gasteiger charge is 2.27. The molecule has 6 nitrogen and oxygen atoms in total. The van der Waals surface area contributed by atoms with Gasteiger partial charge in [-0.3, -0.25) is 9.59 Å². The van der Waals surface area contributed by atoms with Gasteiger partial charge in [-0.1, -0.05) is 24.3 Å². The van der Waals surface area contributed by atoms with Crippen LogP contribution in [0.25, 0.3) is 0 Å². The van der Waals surface area contributed by atoms with Crippen LogP contribution in [0.4, 0.5) is 8.78 Å². The first kappa shape index (κ1) is 22.0. The minimum absolute atomic E-state index is 0.0854. The summed E-state index contributed by atoms with van der Waals surface area (Å²) in [6, 6.07) is 9.03. The van der Waals surface area contributed by atoms with Gasteiger partial charge in [-0.25, -0.2) is 13.6 Å². The Kier molecular flexibility index (Phi) is 7.82. The minimum Gasteiger partial charge on any atom is -0.467 e. The number of amides is 2. The molecule has 8 heteroatoms. The number of ether oxygens (including phenoxy) is 1. The van der Waals surface area contributed by atoms with Crippen molar-refractivity contribution in [1.29, 1.82) is 0 Å². The Morgan fingerprint density at radius 3 is 1.69 bits per heavy atom. The summed E-state index contributed by atoms with van der Waals surface area (Å²) in [5.74, 6) is -2.54. The van der Waals surface area contributed by atoms with Crippen molar-refractivity contribution in [2.75, 3.05) is 7.11 Å². The third kappa shape index (κ3) is 6.99. The molecule has 0 saturated carbocycles. The molecule has 2 N–H and O–H groups in total. The molecule has 0 fully saturated rings. The van der Waals surface area contributed by atoms with E-state index < -0.39 is 41.5 Å². The second-order valence-corrected chi connectivity index (χ2v) is 6.50. The topological polar surface area (TPSA) is 84.5 Å². The molecule has 2 amide bonds. The van der Waals surface area contributed by atoms with Crippen molar-refractivity contribution < 1.29 is 27.9 Å². The van der Waals surface area contributed by atoms with Crippen LogP contribution in [0.3, 0.4) is 0 Å². The van der Waals surface area contributed by atoms with E-state index in [0.29, 0.717) is 11.1 Å². The van der Waals surface area contributed by atoms with Crippen LogP contribution in [-0.4, -0.2) is 37.0 Å². The van der Waals surface area contributed by atoms with Crippen LogP contribution < -0.4 is 10.6 Å². The molecule has 0 aliphatic carbocycles. The average molecular weight is 404 g/mol. The molecule has 0 aliphatic heterocycles. The third-order valence-corrected chi connectivity index (χ3v) is 4.20. The zero-order chi connectivity index (χ0) is 21.4. The van der Waals surface area contributed by atoms with Crippen molar-refractivity contribution in [2.24, 2.45) is 0 Å². The Morgan fingerprint density at radius 1 is 0.828 bits per heavy atom. The Bertz CT molecular complexity index is 854. The maximum absolute atomic E-state index is 13.1. The molecule has 0 saturated heterocycles. The lowest BCUT2D eigenvalue weighted by Crippen LogP contribution is -2.53.